The van der Waals surface area contributed by atoms with Crippen molar-refractivity contribution in [3.8, 4) is 0 Å². The number of hydrogen-bond donors (Lipinski definition) is 0. The van der Waals surface area contributed by atoms with Crippen LogP contribution in [0.4, 0.5) is 0 Å². The highest BCUT2D eigenvalue weighted by molar-refractivity contribution is 6.62. The molecule has 0 saturated heterocycles. The molecule has 4 heteroatoms. The SMILES string of the molecule is CCCCCCCCCCCCCCCC(=O)C(=O)C(=O)OCC. The lowest BCUT2D eigenvalue weighted by Crippen LogP contribution is -2.25. The van der Waals surface area contributed by atoms with Gasteiger partial charge in [0.2, 0.25) is 5.78 Å². The zero-order valence-electron chi connectivity index (χ0n) is 15.7. The van der Waals surface area contributed by atoms with Crippen molar-refractivity contribution in [1.29, 1.82) is 0 Å². The van der Waals surface area contributed by atoms with E-state index in [0.717, 1.165) is 12.8 Å². The minimum atomic E-state index is -1.02. The van der Waals surface area contributed by atoms with Crippen LogP contribution >= 0.6 is 0 Å². The van der Waals surface area contributed by atoms with Crippen LogP contribution in [0.3, 0.4) is 0 Å². The molecule has 4 nitrogen and oxygen atoms in total. The van der Waals surface area contributed by atoms with E-state index in [1.807, 2.05) is 0 Å². The summed E-state index contributed by atoms with van der Waals surface area (Å²) in [5.41, 5.74) is 0. The summed E-state index contributed by atoms with van der Waals surface area (Å²) in [6.07, 6.45) is 16.1. The van der Waals surface area contributed by atoms with Crippen LogP contribution in [0.1, 0.15) is 104 Å². The lowest BCUT2D eigenvalue weighted by Gasteiger charge is -2.03. The van der Waals surface area contributed by atoms with Crippen LogP contribution in [0.2, 0.25) is 0 Å². The summed E-state index contributed by atoms with van der Waals surface area (Å²) in [5.74, 6) is -2.63. The monoisotopic (exact) mass is 340 g/mol. The second kappa shape index (κ2) is 16.7. The Morgan fingerprint density at radius 2 is 1.04 bits per heavy atom. The summed E-state index contributed by atoms with van der Waals surface area (Å²) < 4.78 is 4.53. The molecule has 0 N–H and O–H groups in total. The van der Waals surface area contributed by atoms with E-state index in [9.17, 15) is 14.4 Å². The number of ketones is 2. The summed E-state index contributed by atoms with van der Waals surface area (Å²) in [6.45, 7) is 3.98. The second-order valence-corrected chi connectivity index (χ2v) is 6.47. The Kier molecular flexibility index (Phi) is 15.8. The van der Waals surface area contributed by atoms with E-state index in [0.29, 0.717) is 6.42 Å². The number of carbonyl (C=O) groups excluding carboxylic acids is 3. The van der Waals surface area contributed by atoms with Crippen LogP contribution in [-0.2, 0) is 19.1 Å². The second-order valence-electron chi connectivity index (χ2n) is 6.47. The van der Waals surface area contributed by atoms with E-state index in [2.05, 4.69) is 11.7 Å². The molecule has 0 aromatic carbocycles. The van der Waals surface area contributed by atoms with Crippen LogP contribution < -0.4 is 0 Å². The van der Waals surface area contributed by atoms with Gasteiger partial charge < -0.3 is 4.74 Å². The van der Waals surface area contributed by atoms with Gasteiger partial charge in [0.05, 0.1) is 6.61 Å². The molecule has 0 heterocycles. The maximum absolute atomic E-state index is 11.5. The van der Waals surface area contributed by atoms with Crippen molar-refractivity contribution in [2.75, 3.05) is 6.61 Å². The highest BCUT2D eigenvalue weighted by Crippen LogP contribution is 2.13. The number of hydrogen-bond acceptors (Lipinski definition) is 4. The third kappa shape index (κ3) is 13.3. The van der Waals surface area contributed by atoms with Crippen molar-refractivity contribution in [2.24, 2.45) is 0 Å². The summed E-state index contributed by atoms with van der Waals surface area (Å²) in [4.78, 5) is 34.0. The van der Waals surface area contributed by atoms with Gasteiger partial charge in [-0.3, -0.25) is 9.59 Å². The first-order chi connectivity index (χ1) is 11.6. The first kappa shape index (κ1) is 22.8. The lowest BCUT2D eigenvalue weighted by molar-refractivity contribution is -0.156. The third-order valence-corrected chi connectivity index (χ3v) is 4.22. The van der Waals surface area contributed by atoms with Gasteiger partial charge in [0.25, 0.3) is 0 Å². The molecule has 0 aliphatic carbocycles. The molecule has 0 amide bonds. The number of rotatable bonds is 17. The molecule has 24 heavy (non-hydrogen) atoms. The fraction of sp³-hybridized carbons (Fsp3) is 0.850. The van der Waals surface area contributed by atoms with Crippen molar-refractivity contribution >= 4 is 17.5 Å². The molecule has 0 aromatic heterocycles. The molecule has 0 radical (unpaired) electrons. The minimum Gasteiger partial charge on any atom is -0.460 e. The lowest BCUT2D eigenvalue weighted by atomic mass is 10.0. The molecule has 0 aliphatic heterocycles. The molecule has 0 fully saturated rings. The van der Waals surface area contributed by atoms with Gasteiger partial charge in [-0.2, -0.15) is 0 Å². The highest BCUT2D eigenvalue weighted by atomic mass is 16.5. The van der Waals surface area contributed by atoms with Crippen LogP contribution in [0.5, 0.6) is 0 Å². The fourth-order valence-corrected chi connectivity index (χ4v) is 2.73. The molecule has 0 saturated carbocycles. The topological polar surface area (TPSA) is 60.4 Å². The van der Waals surface area contributed by atoms with E-state index >= 15 is 0 Å². The predicted molar refractivity (Wildman–Crippen MR) is 97.0 cm³/mol. The third-order valence-electron chi connectivity index (χ3n) is 4.22. The zero-order valence-corrected chi connectivity index (χ0v) is 15.7. The fourth-order valence-electron chi connectivity index (χ4n) is 2.73. The normalized spacial score (nSPS) is 10.6. The Morgan fingerprint density at radius 1 is 0.625 bits per heavy atom. The largest absolute Gasteiger partial charge is 0.460 e. The van der Waals surface area contributed by atoms with Crippen molar-refractivity contribution in [1.82, 2.24) is 0 Å². The van der Waals surface area contributed by atoms with Crippen molar-refractivity contribution < 1.29 is 19.1 Å². The van der Waals surface area contributed by atoms with Crippen LogP contribution in [-0.4, -0.2) is 24.1 Å². The smallest absolute Gasteiger partial charge is 0.382 e. The number of ether oxygens (including phenoxy) is 1. The molecule has 0 aliphatic rings. The standard InChI is InChI=1S/C20H36O4/c1-3-5-6-7-8-9-10-11-12-13-14-15-16-17-18(21)19(22)20(23)24-4-2/h3-17H2,1-2H3. The van der Waals surface area contributed by atoms with Gasteiger partial charge in [-0.05, 0) is 13.3 Å². The van der Waals surface area contributed by atoms with Gasteiger partial charge in [-0.1, -0.05) is 84.0 Å². The van der Waals surface area contributed by atoms with Gasteiger partial charge >= 0.3 is 11.8 Å². The van der Waals surface area contributed by atoms with Gasteiger partial charge in [-0.15, -0.1) is 0 Å². The quantitative estimate of drug-likeness (QED) is 0.159. The Bertz CT molecular complexity index is 350. The van der Waals surface area contributed by atoms with Crippen molar-refractivity contribution in [2.45, 2.75) is 104 Å². The average Bonchev–Trinajstić information content (AvgIpc) is 2.58. The molecular weight excluding hydrogens is 304 g/mol. The average molecular weight is 341 g/mol. The van der Waals surface area contributed by atoms with Crippen molar-refractivity contribution in [3.63, 3.8) is 0 Å². The number of carbonyl (C=O) groups is 3. The Hall–Kier alpha value is -1.19. The van der Waals surface area contributed by atoms with Gasteiger partial charge in [-0.25, -0.2) is 4.79 Å². The molecule has 0 atom stereocenters. The summed E-state index contributed by atoms with van der Waals surface area (Å²) in [5, 5.41) is 0. The zero-order chi connectivity index (χ0) is 18.0. The summed E-state index contributed by atoms with van der Waals surface area (Å²) >= 11 is 0. The van der Waals surface area contributed by atoms with Gasteiger partial charge in [0.1, 0.15) is 0 Å². The molecule has 0 spiro atoms. The van der Waals surface area contributed by atoms with E-state index < -0.39 is 17.5 Å². The van der Waals surface area contributed by atoms with Gasteiger partial charge in [0, 0.05) is 6.42 Å². The van der Waals surface area contributed by atoms with E-state index in [-0.39, 0.29) is 13.0 Å². The minimum absolute atomic E-state index is 0.122. The first-order valence-electron chi connectivity index (χ1n) is 9.87. The molecule has 0 unspecified atom stereocenters. The Balaban J connectivity index is 3.34. The summed E-state index contributed by atoms with van der Waals surface area (Å²) in [6, 6.07) is 0. The van der Waals surface area contributed by atoms with E-state index in [1.54, 1.807) is 6.92 Å². The van der Waals surface area contributed by atoms with Crippen LogP contribution in [0.25, 0.3) is 0 Å². The van der Waals surface area contributed by atoms with Gasteiger partial charge in [0.15, 0.2) is 0 Å². The highest BCUT2D eigenvalue weighted by Gasteiger charge is 2.22. The molecule has 0 aromatic rings. The summed E-state index contributed by atoms with van der Waals surface area (Å²) in [7, 11) is 0. The Labute approximate surface area is 147 Å². The first-order valence-corrected chi connectivity index (χ1v) is 9.87. The maximum Gasteiger partial charge on any atom is 0.382 e. The van der Waals surface area contributed by atoms with E-state index in [1.165, 1.54) is 64.2 Å². The van der Waals surface area contributed by atoms with Crippen LogP contribution in [0, 0.1) is 0 Å². The molecule has 0 bridgehead atoms. The number of esters is 1. The maximum atomic E-state index is 11.5. The van der Waals surface area contributed by atoms with Crippen LogP contribution in [0.15, 0.2) is 0 Å². The predicted octanol–water partition coefficient (Wildman–Crippen LogP) is 5.17. The van der Waals surface area contributed by atoms with Crippen molar-refractivity contribution in [3.05, 3.63) is 0 Å². The number of unbranched alkanes of at least 4 members (excludes halogenated alkanes) is 12. The number of Topliss-reactive ketones (excluding diaryl/α,β-unsaturated/α-hetero) is 2. The molecule has 140 valence electrons. The Morgan fingerprint density at radius 3 is 1.46 bits per heavy atom. The van der Waals surface area contributed by atoms with E-state index in [4.69, 9.17) is 0 Å². The molecule has 0 rings (SSSR count). The molecular formula is C20H36O4.